The van der Waals surface area contributed by atoms with E-state index >= 15 is 0 Å². The van der Waals surface area contributed by atoms with Crippen LogP contribution in [0.15, 0.2) is 152 Å². The normalized spacial score (nSPS) is 17.9. The molecule has 10 rings (SSSR count). The molecule has 8 aromatic rings. The van der Waals surface area contributed by atoms with Crippen LogP contribution in [-0.4, -0.2) is 9.13 Å². The van der Waals surface area contributed by atoms with Crippen LogP contribution in [0, 0.1) is 0 Å². The summed E-state index contributed by atoms with van der Waals surface area (Å²) in [6.45, 7) is 7.10. The topological polar surface area (TPSA) is 9.86 Å². The van der Waals surface area contributed by atoms with Crippen LogP contribution in [0.3, 0.4) is 0 Å². The number of hydrogen-bond acceptors (Lipinski definition) is 0. The van der Waals surface area contributed by atoms with Gasteiger partial charge in [-0.2, -0.15) is 0 Å². The zero-order valence-corrected chi connectivity index (χ0v) is 27.5. The second-order valence-corrected chi connectivity index (χ2v) is 14.5. The highest BCUT2D eigenvalue weighted by Crippen LogP contribution is 2.51. The molecule has 2 aliphatic carbocycles. The van der Waals surface area contributed by atoms with Gasteiger partial charge in [-0.05, 0) is 94.9 Å². The van der Waals surface area contributed by atoms with Crippen LogP contribution in [-0.2, 0) is 10.8 Å². The summed E-state index contributed by atoms with van der Waals surface area (Å²) in [6.07, 6.45) is 10.00. The molecule has 48 heavy (non-hydrogen) atoms. The highest BCUT2D eigenvalue weighted by Gasteiger charge is 2.36. The number of benzene rings is 6. The van der Waals surface area contributed by atoms with Crippen molar-refractivity contribution in [3.05, 3.63) is 168 Å². The van der Waals surface area contributed by atoms with Crippen molar-refractivity contribution in [1.29, 1.82) is 0 Å². The van der Waals surface area contributed by atoms with Crippen LogP contribution in [0.4, 0.5) is 0 Å². The van der Waals surface area contributed by atoms with Gasteiger partial charge in [0.15, 0.2) is 0 Å². The molecule has 0 amide bonds. The molecule has 1 unspecified atom stereocenters. The molecule has 0 bridgehead atoms. The maximum atomic E-state index is 2.50. The van der Waals surface area contributed by atoms with Crippen LogP contribution in [0.25, 0.3) is 66.1 Å². The second-order valence-electron chi connectivity index (χ2n) is 14.5. The summed E-state index contributed by atoms with van der Waals surface area (Å²) in [4.78, 5) is 0. The molecule has 1 atom stereocenters. The Morgan fingerprint density at radius 3 is 2.00 bits per heavy atom. The van der Waals surface area contributed by atoms with E-state index in [1.165, 1.54) is 82.8 Å². The molecule has 0 radical (unpaired) electrons. The van der Waals surface area contributed by atoms with Gasteiger partial charge in [0.05, 0.1) is 22.1 Å². The molecular weight excluding hydrogens is 581 g/mol. The zero-order chi connectivity index (χ0) is 32.2. The van der Waals surface area contributed by atoms with Crippen LogP contribution in [0.2, 0.25) is 0 Å². The summed E-state index contributed by atoms with van der Waals surface area (Å²) in [5.74, 6) is 0. The van der Waals surface area contributed by atoms with Gasteiger partial charge in [0, 0.05) is 43.7 Å². The van der Waals surface area contributed by atoms with E-state index in [9.17, 15) is 0 Å². The average Bonchev–Trinajstić information content (AvgIpc) is 3.71. The minimum atomic E-state index is -0.0657. The van der Waals surface area contributed by atoms with E-state index in [1.807, 2.05) is 0 Å². The smallest absolute Gasteiger partial charge is 0.0544 e. The van der Waals surface area contributed by atoms with Crippen molar-refractivity contribution < 1.29 is 0 Å². The van der Waals surface area contributed by atoms with Crippen LogP contribution in [0.5, 0.6) is 0 Å². The number of hydrogen-bond donors (Lipinski definition) is 0. The molecular formula is C46H36N2. The number of aromatic nitrogens is 2. The van der Waals surface area contributed by atoms with Crippen molar-refractivity contribution in [1.82, 2.24) is 9.13 Å². The van der Waals surface area contributed by atoms with Crippen LogP contribution in [0.1, 0.15) is 43.9 Å². The summed E-state index contributed by atoms with van der Waals surface area (Å²) in [6, 6.07) is 47.7. The van der Waals surface area contributed by atoms with Gasteiger partial charge in [-0.15, -0.1) is 0 Å². The highest BCUT2D eigenvalue weighted by atomic mass is 15.0. The lowest BCUT2D eigenvalue weighted by molar-refractivity contribution is 0.600. The van der Waals surface area contributed by atoms with E-state index in [0.29, 0.717) is 0 Å². The van der Waals surface area contributed by atoms with Gasteiger partial charge >= 0.3 is 0 Å². The van der Waals surface area contributed by atoms with Crippen LogP contribution < -0.4 is 0 Å². The first-order valence-electron chi connectivity index (χ1n) is 17.1. The zero-order valence-electron chi connectivity index (χ0n) is 27.5. The molecule has 6 aromatic carbocycles. The molecule has 0 fully saturated rings. The lowest BCUT2D eigenvalue weighted by atomic mass is 9.77. The SMILES string of the molecule is CC1(c2ccc3c(c2)c2cc(-n4c5ccccc5c5cc6c(cc54)C(C)(C)c4ccccc4-6)ccc2n3-c2ccccc2)C=CC=CC1. The summed E-state index contributed by atoms with van der Waals surface area (Å²) in [5, 5.41) is 5.15. The molecule has 2 aromatic heterocycles. The Hall–Kier alpha value is -5.60. The molecule has 0 aliphatic heterocycles. The fraction of sp³-hybridized carbons (Fsp3) is 0.130. The third-order valence-electron chi connectivity index (χ3n) is 11.3. The monoisotopic (exact) mass is 616 g/mol. The second kappa shape index (κ2) is 9.71. The fourth-order valence-electron chi connectivity index (χ4n) is 8.74. The minimum Gasteiger partial charge on any atom is -0.309 e. The number of para-hydroxylation sites is 2. The lowest BCUT2D eigenvalue weighted by Crippen LogP contribution is -2.19. The van der Waals surface area contributed by atoms with Crippen molar-refractivity contribution in [2.45, 2.75) is 38.0 Å². The molecule has 2 heterocycles. The first kappa shape index (κ1) is 27.5. The molecule has 230 valence electrons. The lowest BCUT2D eigenvalue weighted by Gasteiger charge is -2.27. The molecule has 0 saturated heterocycles. The van der Waals surface area contributed by atoms with E-state index in [2.05, 4.69) is 182 Å². The number of rotatable bonds is 3. The van der Waals surface area contributed by atoms with Gasteiger partial charge in [-0.3, -0.25) is 0 Å². The van der Waals surface area contributed by atoms with E-state index in [1.54, 1.807) is 0 Å². The molecule has 0 N–H and O–H groups in total. The van der Waals surface area contributed by atoms with E-state index in [0.717, 1.165) is 6.42 Å². The predicted octanol–water partition coefficient (Wildman–Crippen LogP) is 12.0. The maximum absolute atomic E-state index is 2.50. The Kier molecular flexibility index (Phi) is 5.57. The Balaban J connectivity index is 1.27. The maximum Gasteiger partial charge on any atom is 0.0544 e. The largest absolute Gasteiger partial charge is 0.309 e. The summed E-state index contributed by atoms with van der Waals surface area (Å²) in [5.41, 5.74) is 14.1. The minimum absolute atomic E-state index is 0.0285. The van der Waals surface area contributed by atoms with Gasteiger partial charge in [0.2, 0.25) is 0 Å². The Labute approximate surface area is 280 Å². The fourth-order valence-corrected chi connectivity index (χ4v) is 8.74. The van der Waals surface area contributed by atoms with Crippen molar-refractivity contribution in [3.63, 3.8) is 0 Å². The van der Waals surface area contributed by atoms with Gasteiger partial charge in [-0.1, -0.05) is 112 Å². The third-order valence-corrected chi connectivity index (χ3v) is 11.3. The number of allylic oxidation sites excluding steroid dienone is 4. The molecule has 2 aliphatic rings. The third kappa shape index (κ3) is 3.69. The number of nitrogens with zero attached hydrogens (tertiary/aromatic N) is 2. The molecule has 2 heteroatoms. The Morgan fingerprint density at radius 2 is 1.17 bits per heavy atom. The molecule has 0 spiro atoms. The highest BCUT2D eigenvalue weighted by molar-refractivity contribution is 6.13. The van der Waals surface area contributed by atoms with E-state index in [4.69, 9.17) is 0 Å². The number of fused-ring (bicyclic) bond motifs is 9. The first-order valence-corrected chi connectivity index (χ1v) is 17.1. The standard InChI is InChI=1S/C46H36N2/c1-45(2)39-18-10-8-16-33(39)35-28-38-34-17-9-11-19-41(34)48(44(38)29-40(35)45)32-21-23-43-37(27-32)36-26-30(46(3)24-12-5-13-25-46)20-22-42(36)47(43)31-14-6-4-7-15-31/h4-24,26-29H,25H2,1-3H3. The quantitative estimate of drug-likeness (QED) is 0.187. The Bertz CT molecular complexity index is 2680. The van der Waals surface area contributed by atoms with Crippen LogP contribution >= 0.6 is 0 Å². The van der Waals surface area contributed by atoms with Gasteiger partial charge in [0.1, 0.15) is 0 Å². The van der Waals surface area contributed by atoms with Crippen molar-refractivity contribution in [2.75, 3.05) is 0 Å². The van der Waals surface area contributed by atoms with E-state index < -0.39 is 0 Å². The van der Waals surface area contributed by atoms with Gasteiger partial charge in [0.25, 0.3) is 0 Å². The van der Waals surface area contributed by atoms with Crippen molar-refractivity contribution in [3.8, 4) is 22.5 Å². The molecule has 0 saturated carbocycles. The van der Waals surface area contributed by atoms with Gasteiger partial charge < -0.3 is 9.13 Å². The first-order chi connectivity index (χ1) is 23.4. The van der Waals surface area contributed by atoms with Crippen molar-refractivity contribution >= 4 is 43.6 Å². The Morgan fingerprint density at radius 1 is 0.479 bits per heavy atom. The summed E-state index contributed by atoms with van der Waals surface area (Å²) >= 11 is 0. The molecule has 2 nitrogen and oxygen atoms in total. The van der Waals surface area contributed by atoms with Gasteiger partial charge in [-0.25, -0.2) is 0 Å². The average molecular weight is 617 g/mol. The summed E-state index contributed by atoms with van der Waals surface area (Å²) in [7, 11) is 0. The summed E-state index contributed by atoms with van der Waals surface area (Å²) < 4.78 is 4.92. The van der Waals surface area contributed by atoms with E-state index in [-0.39, 0.29) is 10.8 Å². The van der Waals surface area contributed by atoms with Crippen molar-refractivity contribution in [2.24, 2.45) is 0 Å². The predicted molar refractivity (Wildman–Crippen MR) is 203 cm³/mol.